The van der Waals surface area contributed by atoms with Gasteiger partial charge in [-0.2, -0.15) is 0 Å². The zero-order valence-corrected chi connectivity index (χ0v) is 18.4. The lowest BCUT2D eigenvalue weighted by Crippen LogP contribution is -2.35. The Labute approximate surface area is 185 Å². The minimum atomic E-state index is -0.322. The van der Waals surface area contributed by atoms with Crippen molar-refractivity contribution >= 4 is 28.8 Å². The Hall–Kier alpha value is -3.10. The van der Waals surface area contributed by atoms with Crippen LogP contribution in [-0.2, 0) is 22.6 Å². The van der Waals surface area contributed by atoms with Gasteiger partial charge >= 0.3 is 0 Å². The fourth-order valence-corrected chi connectivity index (χ4v) is 3.55. The van der Waals surface area contributed by atoms with Crippen LogP contribution < -0.4 is 10.6 Å². The standard InChI is InChI=1S/C23H26N4O3S/c1-16-8-12-19(13-9-16)25-22(29)23-27-26-21(31-23)15-30-14-20(28)24-17(2)10-11-18-6-4-3-5-7-18/h3-9,12-13,17H,10-11,14-15H2,1-2H3,(H,24,28)(H,25,29). The third-order valence-corrected chi connectivity index (χ3v) is 5.44. The maximum absolute atomic E-state index is 12.3. The Kier molecular flexibility index (Phi) is 8.26. The number of carbonyl (C=O) groups is 2. The average Bonchev–Trinajstić information content (AvgIpc) is 3.24. The van der Waals surface area contributed by atoms with Crippen molar-refractivity contribution in [2.45, 2.75) is 39.3 Å². The lowest BCUT2D eigenvalue weighted by Gasteiger charge is -2.13. The number of amides is 2. The number of hydrogen-bond donors (Lipinski definition) is 2. The SMILES string of the molecule is Cc1ccc(NC(=O)c2nnc(COCC(=O)NC(C)CCc3ccccc3)s2)cc1. The van der Waals surface area contributed by atoms with Crippen LogP contribution in [0.3, 0.4) is 0 Å². The van der Waals surface area contributed by atoms with E-state index in [0.717, 1.165) is 29.7 Å². The zero-order valence-electron chi connectivity index (χ0n) is 17.6. The summed E-state index contributed by atoms with van der Waals surface area (Å²) in [6.45, 7) is 4.01. The molecule has 1 atom stereocenters. The number of hydrogen-bond acceptors (Lipinski definition) is 6. The Morgan fingerprint density at radius 2 is 1.81 bits per heavy atom. The van der Waals surface area contributed by atoms with E-state index in [1.54, 1.807) is 0 Å². The Morgan fingerprint density at radius 1 is 1.06 bits per heavy atom. The summed E-state index contributed by atoms with van der Waals surface area (Å²) in [6, 6.07) is 17.7. The number of carbonyl (C=O) groups excluding carboxylic acids is 2. The highest BCUT2D eigenvalue weighted by atomic mass is 32.1. The maximum Gasteiger partial charge on any atom is 0.286 e. The summed E-state index contributed by atoms with van der Waals surface area (Å²) >= 11 is 1.14. The lowest BCUT2D eigenvalue weighted by atomic mass is 10.1. The van der Waals surface area contributed by atoms with Gasteiger partial charge in [0.15, 0.2) is 0 Å². The number of aromatic nitrogens is 2. The highest BCUT2D eigenvalue weighted by molar-refractivity contribution is 7.13. The van der Waals surface area contributed by atoms with Gasteiger partial charge in [-0.1, -0.05) is 59.4 Å². The molecule has 0 aliphatic heterocycles. The fourth-order valence-electron chi connectivity index (χ4n) is 2.87. The molecule has 7 nitrogen and oxygen atoms in total. The van der Waals surface area contributed by atoms with Gasteiger partial charge in [0.2, 0.25) is 10.9 Å². The molecule has 0 aliphatic carbocycles. The van der Waals surface area contributed by atoms with Crippen molar-refractivity contribution in [3.05, 3.63) is 75.7 Å². The van der Waals surface area contributed by atoms with E-state index in [-0.39, 0.29) is 36.1 Å². The predicted octanol–water partition coefficient (Wildman–Crippen LogP) is 3.75. The van der Waals surface area contributed by atoms with Crippen molar-refractivity contribution < 1.29 is 14.3 Å². The van der Waals surface area contributed by atoms with Gasteiger partial charge in [0.25, 0.3) is 5.91 Å². The van der Waals surface area contributed by atoms with Crippen LogP contribution in [-0.4, -0.2) is 34.7 Å². The minimum Gasteiger partial charge on any atom is -0.364 e. The molecular formula is C23H26N4O3S. The molecule has 0 fully saturated rings. The zero-order chi connectivity index (χ0) is 22.1. The fraction of sp³-hybridized carbons (Fsp3) is 0.304. The second kappa shape index (κ2) is 11.3. The molecule has 2 aromatic carbocycles. The lowest BCUT2D eigenvalue weighted by molar-refractivity contribution is -0.126. The molecular weight excluding hydrogens is 412 g/mol. The van der Waals surface area contributed by atoms with Crippen molar-refractivity contribution in [1.29, 1.82) is 0 Å². The van der Waals surface area contributed by atoms with Gasteiger partial charge < -0.3 is 15.4 Å². The van der Waals surface area contributed by atoms with Crippen molar-refractivity contribution in [2.75, 3.05) is 11.9 Å². The van der Waals surface area contributed by atoms with E-state index >= 15 is 0 Å². The number of anilines is 1. The molecule has 0 radical (unpaired) electrons. The number of rotatable bonds is 10. The number of benzene rings is 2. The van der Waals surface area contributed by atoms with Crippen LogP contribution in [0.5, 0.6) is 0 Å². The molecule has 3 rings (SSSR count). The summed E-state index contributed by atoms with van der Waals surface area (Å²) in [5, 5.41) is 14.4. The van der Waals surface area contributed by atoms with Gasteiger partial charge in [-0.05, 0) is 44.4 Å². The van der Waals surface area contributed by atoms with Crippen LogP contribution in [0, 0.1) is 6.92 Å². The molecule has 162 valence electrons. The number of aryl methyl sites for hydroxylation is 2. The summed E-state index contributed by atoms with van der Waals surface area (Å²) in [4.78, 5) is 24.3. The third kappa shape index (κ3) is 7.58. The Morgan fingerprint density at radius 3 is 2.55 bits per heavy atom. The molecule has 0 saturated heterocycles. The Bertz CT molecular complexity index is 990. The molecule has 0 saturated carbocycles. The monoisotopic (exact) mass is 438 g/mol. The molecule has 1 heterocycles. The summed E-state index contributed by atoms with van der Waals surface area (Å²) in [7, 11) is 0. The first-order valence-electron chi connectivity index (χ1n) is 10.1. The van der Waals surface area contributed by atoms with E-state index < -0.39 is 0 Å². The molecule has 2 amide bonds. The van der Waals surface area contributed by atoms with Gasteiger partial charge in [0, 0.05) is 11.7 Å². The van der Waals surface area contributed by atoms with Crippen molar-refractivity contribution in [3.8, 4) is 0 Å². The summed E-state index contributed by atoms with van der Waals surface area (Å²) in [5.41, 5.74) is 3.06. The molecule has 2 N–H and O–H groups in total. The van der Waals surface area contributed by atoms with Crippen LogP contribution in [0.15, 0.2) is 54.6 Å². The normalized spacial score (nSPS) is 11.7. The van der Waals surface area contributed by atoms with E-state index in [4.69, 9.17) is 4.74 Å². The number of nitrogens with zero attached hydrogens (tertiary/aromatic N) is 2. The second-order valence-corrected chi connectivity index (χ2v) is 8.37. The molecule has 1 unspecified atom stereocenters. The third-order valence-electron chi connectivity index (χ3n) is 4.55. The van der Waals surface area contributed by atoms with Crippen LogP contribution >= 0.6 is 11.3 Å². The highest BCUT2D eigenvalue weighted by Gasteiger charge is 2.14. The largest absolute Gasteiger partial charge is 0.364 e. The highest BCUT2D eigenvalue weighted by Crippen LogP contribution is 2.14. The van der Waals surface area contributed by atoms with Crippen molar-refractivity contribution in [1.82, 2.24) is 15.5 Å². The summed E-state index contributed by atoms with van der Waals surface area (Å²) < 4.78 is 5.43. The summed E-state index contributed by atoms with van der Waals surface area (Å²) in [5.74, 6) is -0.500. The second-order valence-electron chi connectivity index (χ2n) is 7.31. The van der Waals surface area contributed by atoms with Crippen molar-refractivity contribution in [3.63, 3.8) is 0 Å². The molecule has 1 aromatic heterocycles. The van der Waals surface area contributed by atoms with E-state index in [2.05, 4.69) is 33.0 Å². The van der Waals surface area contributed by atoms with Gasteiger partial charge in [-0.3, -0.25) is 9.59 Å². The topological polar surface area (TPSA) is 93.2 Å². The number of nitrogens with one attached hydrogen (secondary N) is 2. The van der Waals surface area contributed by atoms with Crippen LogP contribution in [0.25, 0.3) is 0 Å². The quantitative estimate of drug-likeness (QED) is 0.503. The smallest absolute Gasteiger partial charge is 0.286 e. The molecule has 31 heavy (non-hydrogen) atoms. The molecule has 0 bridgehead atoms. The molecule has 0 spiro atoms. The first-order chi connectivity index (χ1) is 15.0. The van der Waals surface area contributed by atoms with Gasteiger partial charge in [0.05, 0.1) is 0 Å². The summed E-state index contributed by atoms with van der Waals surface area (Å²) in [6.07, 6.45) is 1.76. The molecule has 8 heteroatoms. The van der Waals surface area contributed by atoms with Gasteiger partial charge in [0.1, 0.15) is 18.2 Å². The predicted molar refractivity (Wildman–Crippen MR) is 121 cm³/mol. The average molecular weight is 439 g/mol. The first-order valence-corrected chi connectivity index (χ1v) is 10.9. The van der Waals surface area contributed by atoms with E-state index in [1.807, 2.05) is 56.3 Å². The van der Waals surface area contributed by atoms with Crippen LogP contribution in [0.2, 0.25) is 0 Å². The van der Waals surface area contributed by atoms with Gasteiger partial charge in [-0.15, -0.1) is 10.2 Å². The minimum absolute atomic E-state index is 0.0508. The van der Waals surface area contributed by atoms with E-state index in [0.29, 0.717) is 10.7 Å². The maximum atomic E-state index is 12.3. The Balaban J connectivity index is 1.36. The van der Waals surface area contributed by atoms with Gasteiger partial charge in [-0.25, -0.2) is 0 Å². The first kappa shape index (κ1) is 22.6. The molecule has 3 aromatic rings. The van der Waals surface area contributed by atoms with E-state index in [1.165, 1.54) is 5.56 Å². The van der Waals surface area contributed by atoms with Crippen LogP contribution in [0.4, 0.5) is 5.69 Å². The van der Waals surface area contributed by atoms with Crippen molar-refractivity contribution in [2.24, 2.45) is 0 Å². The van der Waals surface area contributed by atoms with Crippen LogP contribution in [0.1, 0.15) is 39.3 Å². The number of ether oxygens (including phenoxy) is 1. The molecule has 0 aliphatic rings. The van der Waals surface area contributed by atoms with E-state index in [9.17, 15) is 9.59 Å².